The molecular weight excluding hydrogens is 376 g/mol. The van der Waals surface area contributed by atoms with Crippen LogP contribution in [0.3, 0.4) is 0 Å². The Hall–Kier alpha value is -2.38. The van der Waals surface area contributed by atoms with E-state index in [4.69, 9.17) is 4.74 Å². The van der Waals surface area contributed by atoms with Gasteiger partial charge in [-0.15, -0.1) is 0 Å². The van der Waals surface area contributed by atoms with Crippen molar-refractivity contribution < 1.29 is 4.74 Å². The number of benzene rings is 1. The standard InChI is InChI=1S/C23H36N6O/c1-17(2)15-28-10-11-30-21(16-28)14-26-23(24-5)25-13-20-8-6-7-9-22(20)29-19(4)12-18(3)27-29/h6-9,12,17,21H,10-11,13-16H2,1-5H3,(H2,24,25,26). The maximum absolute atomic E-state index is 5.94. The van der Waals surface area contributed by atoms with Gasteiger partial charge in [-0.3, -0.25) is 9.89 Å². The van der Waals surface area contributed by atoms with Crippen LogP contribution in [-0.2, 0) is 11.3 Å². The minimum Gasteiger partial charge on any atom is -0.374 e. The van der Waals surface area contributed by atoms with Crippen molar-refractivity contribution in [3.05, 3.63) is 47.3 Å². The number of aromatic nitrogens is 2. The molecular formula is C23H36N6O. The lowest BCUT2D eigenvalue weighted by Crippen LogP contribution is -2.50. The molecule has 7 heteroatoms. The molecule has 1 fully saturated rings. The highest BCUT2D eigenvalue weighted by Crippen LogP contribution is 2.17. The lowest BCUT2D eigenvalue weighted by atomic mass is 10.1. The predicted molar refractivity (Wildman–Crippen MR) is 122 cm³/mol. The number of nitrogens with one attached hydrogen (secondary N) is 2. The Morgan fingerprint density at radius 1 is 1.27 bits per heavy atom. The van der Waals surface area contributed by atoms with E-state index in [-0.39, 0.29) is 6.10 Å². The molecule has 0 radical (unpaired) electrons. The van der Waals surface area contributed by atoms with Gasteiger partial charge in [0.25, 0.3) is 0 Å². The Labute approximate surface area is 180 Å². The van der Waals surface area contributed by atoms with Crippen LogP contribution in [0.15, 0.2) is 35.3 Å². The third kappa shape index (κ3) is 6.06. The summed E-state index contributed by atoms with van der Waals surface area (Å²) in [5.41, 5.74) is 4.41. The van der Waals surface area contributed by atoms with Crippen molar-refractivity contribution in [1.82, 2.24) is 25.3 Å². The number of aliphatic imine (C=N–C) groups is 1. The topological polar surface area (TPSA) is 66.7 Å². The fraction of sp³-hybridized carbons (Fsp3) is 0.565. The van der Waals surface area contributed by atoms with Gasteiger partial charge in [0.1, 0.15) is 0 Å². The fourth-order valence-electron chi connectivity index (χ4n) is 3.94. The molecule has 7 nitrogen and oxygen atoms in total. The summed E-state index contributed by atoms with van der Waals surface area (Å²) in [6.45, 7) is 13.9. The summed E-state index contributed by atoms with van der Waals surface area (Å²) in [5, 5.41) is 11.5. The molecule has 1 aliphatic heterocycles. The van der Waals surface area contributed by atoms with Gasteiger partial charge in [0.2, 0.25) is 0 Å². The quantitative estimate of drug-likeness (QED) is 0.540. The van der Waals surface area contributed by atoms with E-state index in [1.807, 2.05) is 17.7 Å². The highest BCUT2D eigenvalue weighted by molar-refractivity contribution is 5.79. The number of ether oxygens (including phenoxy) is 1. The first-order chi connectivity index (χ1) is 14.5. The molecule has 0 saturated carbocycles. The van der Waals surface area contributed by atoms with E-state index in [1.54, 1.807) is 7.05 Å². The number of morpholine rings is 1. The van der Waals surface area contributed by atoms with Crippen LogP contribution in [-0.4, -0.2) is 66.6 Å². The van der Waals surface area contributed by atoms with Gasteiger partial charge in [-0.05, 0) is 37.5 Å². The Morgan fingerprint density at radius 2 is 2.07 bits per heavy atom. The maximum atomic E-state index is 5.94. The Balaban J connectivity index is 1.56. The molecule has 2 heterocycles. The zero-order valence-corrected chi connectivity index (χ0v) is 19.0. The van der Waals surface area contributed by atoms with Crippen molar-refractivity contribution in [2.24, 2.45) is 10.9 Å². The van der Waals surface area contributed by atoms with Crippen LogP contribution in [0.4, 0.5) is 0 Å². The van der Waals surface area contributed by atoms with E-state index in [1.165, 1.54) is 5.56 Å². The van der Waals surface area contributed by atoms with Crippen LogP contribution in [0.2, 0.25) is 0 Å². The third-order valence-electron chi connectivity index (χ3n) is 5.24. The second kappa shape index (κ2) is 10.6. The number of guanidine groups is 1. The molecule has 2 N–H and O–H groups in total. The summed E-state index contributed by atoms with van der Waals surface area (Å²) < 4.78 is 7.94. The molecule has 0 spiro atoms. The third-order valence-corrected chi connectivity index (χ3v) is 5.24. The van der Waals surface area contributed by atoms with E-state index in [9.17, 15) is 0 Å². The molecule has 1 atom stereocenters. The van der Waals surface area contributed by atoms with Gasteiger partial charge in [0.05, 0.1) is 24.1 Å². The maximum Gasteiger partial charge on any atom is 0.191 e. The summed E-state index contributed by atoms with van der Waals surface area (Å²) >= 11 is 0. The van der Waals surface area contributed by atoms with Crippen LogP contribution >= 0.6 is 0 Å². The molecule has 3 rings (SSSR count). The first-order valence-electron chi connectivity index (χ1n) is 10.9. The first kappa shape index (κ1) is 22.3. The molecule has 2 aromatic rings. The van der Waals surface area contributed by atoms with Crippen LogP contribution in [0, 0.1) is 19.8 Å². The Bertz CT molecular complexity index is 844. The first-order valence-corrected chi connectivity index (χ1v) is 10.9. The zero-order chi connectivity index (χ0) is 21.5. The summed E-state index contributed by atoms with van der Waals surface area (Å²) in [6, 6.07) is 10.4. The molecule has 0 amide bonds. The van der Waals surface area contributed by atoms with E-state index >= 15 is 0 Å². The predicted octanol–water partition coefficient (Wildman–Crippen LogP) is 2.51. The van der Waals surface area contributed by atoms with Gasteiger partial charge in [0, 0.05) is 45.5 Å². The Morgan fingerprint density at radius 3 is 2.77 bits per heavy atom. The second-order valence-corrected chi connectivity index (χ2v) is 8.42. The van der Waals surface area contributed by atoms with Crippen LogP contribution < -0.4 is 10.6 Å². The highest BCUT2D eigenvalue weighted by Gasteiger charge is 2.21. The number of rotatable bonds is 7. The van der Waals surface area contributed by atoms with E-state index in [2.05, 4.69) is 70.7 Å². The van der Waals surface area contributed by atoms with Gasteiger partial charge >= 0.3 is 0 Å². The molecule has 1 aromatic heterocycles. The van der Waals surface area contributed by atoms with Gasteiger partial charge in [-0.25, -0.2) is 4.68 Å². The SMILES string of the molecule is CN=C(NCc1ccccc1-n1nc(C)cc1C)NCC1CN(CC(C)C)CCO1. The molecule has 30 heavy (non-hydrogen) atoms. The summed E-state index contributed by atoms with van der Waals surface area (Å²) in [5.74, 6) is 1.45. The second-order valence-electron chi connectivity index (χ2n) is 8.42. The molecule has 1 unspecified atom stereocenters. The van der Waals surface area contributed by atoms with Gasteiger partial charge in [-0.2, -0.15) is 5.10 Å². The Kier molecular flexibility index (Phi) is 7.87. The van der Waals surface area contributed by atoms with Crippen molar-refractivity contribution in [1.29, 1.82) is 0 Å². The fourth-order valence-corrected chi connectivity index (χ4v) is 3.94. The van der Waals surface area contributed by atoms with E-state index in [0.29, 0.717) is 12.5 Å². The minimum atomic E-state index is 0.179. The molecule has 0 aliphatic carbocycles. The van der Waals surface area contributed by atoms with Crippen molar-refractivity contribution >= 4 is 5.96 Å². The summed E-state index contributed by atoms with van der Waals surface area (Å²) in [7, 11) is 1.80. The van der Waals surface area contributed by atoms with Gasteiger partial charge < -0.3 is 15.4 Å². The van der Waals surface area contributed by atoms with Crippen molar-refractivity contribution in [3.8, 4) is 5.69 Å². The van der Waals surface area contributed by atoms with Crippen LogP contribution in [0.1, 0.15) is 30.8 Å². The van der Waals surface area contributed by atoms with Gasteiger partial charge in [-0.1, -0.05) is 32.0 Å². The largest absolute Gasteiger partial charge is 0.374 e. The molecule has 1 aliphatic rings. The monoisotopic (exact) mass is 412 g/mol. The zero-order valence-electron chi connectivity index (χ0n) is 19.0. The molecule has 0 bridgehead atoms. The van der Waals surface area contributed by atoms with Crippen molar-refractivity contribution in [2.45, 2.75) is 40.3 Å². The summed E-state index contributed by atoms with van der Waals surface area (Å²) in [4.78, 5) is 6.87. The lowest BCUT2D eigenvalue weighted by molar-refractivity contribution is -0.0284. The highest BCUT2D eigenvalue weighted by atomic mass is 16.5. The van der Waals surface area contributed by atoms with E-state index < -0.39 is 0 Å². The van der Waals surface area contributed by atoms with Crippen LogP contribution in [0.5, 0.6) is 0 Å². The van der Waals surface area contributed by atoms with Gasteiger partial charge in [0.15, 0.2) is 5.96 Å². The number of para-hydroxylation sites is 1. The summed E-state index contributed by atoms with van der Waals surface area (Å²) in [6.07, 6.45) is 0.179. The van der Waals surface area contributed by atoms with Crippen molar-refractivity contribution in [2.75, 3.05) is 39.8 Å². The van der Waals surface area contributed by atoms with Crippen LogP contribution in [0.25, 0.3) is 5.69 Å². The number of nitrogens with zero attached hydrogens (tertiary/aromatic N) is 4. The lowest BCUT2D eigenvalue weighted by Gasteiger charge is -2.34. The normalized spacial score (nSPS) is 18.1. The number of aryl methyl sites for hydroxylation is 2. The number of hydrogen-bond donors (Lipinski definition) is 2. The number of hydrogen-bond acceptors (Lipinski definition) is 4. The van der Waals surface area contributed by atoms with E-state index in [0.717, 1.165) is 55.8 Å². The van der Waals surface area contributed by atoms with Crippen molar-refractivity contribution in [3.63, 3.8) is 0 Å². The average molecular weight is 413 g/mol. The molecule has 1 saturated heterocycles. The molecule has 164 valence electrons. The smallest absolute Gasteiger partial charge is 0.191 e. The molecule has 1 aromatic carbocycles. The minimum absolute atomic E-state index is 0.179. The average Bonchev–Trinajstić information content (AvgIpc) is 3.06.